The number of esters is 1. The molecule has 170 valence electrons. The molecule has 1 atom stereocenters. The van der Waals surface area contributed by atoms with Gasteiger partial charge in [-0.2, -0.15) is 0 Å². The molecule has 0 amide bonds. The smallest absolute Gasteiger partial charge is 0.359 e. The number of alkyl halides is 3. The highest BCUT2D eigenvalue weighted by atomic mass is 35.6. The lowest BCUT2D eigenvalue weighted by Crippen LogP contribution is -2.31. The minimum atomic E-state index is -2.49. The first-order valence-corrected chi connectivity index (χ1v) is 10.8. The molecule has 2 aromatic carbocycles. The number of nitro benzene ring substituents is 2. The predicted molar refractivity (Wildman–Crippen MR) is 120 cm³/mol. The van der Waals surface area contributed by atoms with Crippen molar-refractivity contribution in [3.05, 3.63) is 73.8 Å². The lowest BCUT2D eigenvalue weighted by atomic mass is 9.96. The van der Waals surface area contributed by atoms with Crippen molar-refractivity contribution < 1.29 is 19.4 Å². The molecule has 1 aliphatic heterocycles. The molecular weight excluding hydrogens is 485 g/mol. The topological polar surface area (TPSA) is 116 Å². The molecule has 1 unspecified atom stereocenters. The van der Waals surface area contributed by atoms with Crippen LogP contribution in [0.25, 0.3) is 0 Å². The van der Waals surface area contributed by atoms with Crippen molar-refractivity contribution in [2.75, 3.05) is 18.0 Å². The molecule has 1 fully saturated rings. The van der Waals surface area contributed by atoms with Crippen molar-refractivity contribution in [3.63, 3.8) is 0 Å². The number of anilines is 1. The number of hydrogen-bond donors (Lipinski definition) is 0. The number of carbonyl (C=O) groups excluding carboxylic acids is 1. The summed E-state index contributed by atoms with van der Waals surface area (Å²) in [5.74, 6) is -1.32. The quantitative estimate of drug-likeness (QED) is 0.222. The number of nitro groups is 2. The Labute approximate surface area is 198 Å². The van der Waals surface area contributed by atoms with Crippen LogP contribution in [-0.4, -0.2) is 32.7 Å². The summed E-state index contributed by atoms with van der Waals surface area (Å²) in [6.45, 7) is 1.12. The number of rotatable bonds is 6. The standard InChI is InChI=1S/C20H18Cl3N3O6/c21-20(22,23)19(27)32-18(13-7-3-1-4-8-13)16-14(25(28)29)9-10-15(17(16)26(30)31)24-11-5-2-6-12-24/h1,3-4,7-10,18H,2,5-6,11-12H2. The van der Waals surface area contributed by atoms with Gasteiger partial charge in [0.2, 0.25) is 0 Å². The van der Waals surface area contributed by atoms with Crippen molar-refractivity contribution in [1.29, 1.82) is 0 Å². The van der Waals surface area contributed by atoms with Crippen LogP contribution in [0.4, 0.5) is 17.1 Å². The first-order chi connectivity index (χ1) is 15.1. The van der Waals surface area contributed by atoms with E-state index >= 15 is 0 Å². The monoisotopic (exact) mass is 501 g/mol. The highest BCUT2D eigenvalue weighted by molar-refractivity contribution is 6.75. The highest BCUT2D eigenvalue weighted by Gasteiger charge is 2.42. The SMILES string of the molecule is O=C(OC(c1ccccc1)c1c([N+](=O)[O-])ccc(N2CCCCC2)c1[N+](=O)[O-])C(Cl)(Cl)Cl. The van der Waals surface area contributed by atoms with Gasteiger partial charge in [0.05, 0.1) is 9.85 Å². The maximum absolute atomic E-state index is 12.4. The van der Waals surface area contributed by atoms with E-state index in [0.29, 0.717) is 13.1 Å². The molecule has 12 heteroatoms. The van der Waals surface area contributed by atoms with Gasteiger partial charge in [-0.3, -0.25) is 20.2 Å². The Kier molecular flexibility index (Phi) is 7.43. The first kappa shape index (κ1) is 24.0. The Morgan fingerprint density at radius 3 is 2.12 bits per heavy atom. The second-order valence-corrected chi connectivity index (χ2v) is 9.40. The minimum Gasteiger partial charge on any atom is -0.449 e. The van der Waals surface area contributed by atoms with E-state index in [0.717, 1.165) is 19.3 Å². The molecule has 0 radical (unpaired) electrons. The van der Waals surface area contributed by atoms with Crippen molar-refractivity contribution in [2.24, 2.45) is 0 Å². The number of nitrogens with zero attached hydrogens (tertiary/aromatic N) is 3. The third kappa shape index (κ3) is 5.23. The summed E-state index contributed by atoms with van der Waals surface area (Å²) in [6.07, 6.45) is 1.09. The van der Waals surface area contributed by atoms with Crippen LogP contribution in [0.5, 0.6) is 0 Å². The van der Waals surface area contributed by atoms with Crippen LogP contribution in [0, 0.1) is 20.2 Å². The van der Waals surface area contributed by atoms with E-state index < -0.39 is 42.7 Å². The molecule has 0 N–H and O–H groups in total. The number of piperidine rings is 1. The molecule has 1 heterocycles. The minimum absolute atomic E-state index is 0.209. The number of benzene rings is 2. The molecular formula is C20H18Cl3N3O6. The summed E-state index contributed by atoms with van der Waals surface area (Å²) >= 11 is 16.9. The molecule has 0 spiro atoms. The highest BCUT2D eigenvalue weighted by Crippen LogP contribution is 2.46. The number of halogens is 3. The van der Waals surface area contributed by atoms with E-state index in [1.807, 2.05) is 0 Å². The molecule has 0 bridgehead atoms. The molecule has 3 rings (SSSR count). The summed E-state index contributed by atoms with van der Waals surface area (Å²) in [4.78, 5) is 36.8. The van der Waals surface area contributed by atoms with E-state index in [1.165, 1.54) is 24.3 Å². The molecule has 0 aromatic heterocycles. The number of carbonyl (C=O) groups is 1. The van der Waals surface area contributed by atoms with Crippen LogP contribution in [0.2, 0.25) is 0 Å². The average Bonchev–Trinajstić information content (AvgIpc) is 2.76. The molecule has 32 heavy (non-hydrogen) atoms. The van der Waals surface area contributed by atoms with Gasteiger partial charge in [-0.25, -0.2) is 4.79 Å². The van der Waals surface area contributed by atoms with Crippen LogP contribution >= 0.6 is 34.8 Å². The maximum Gasteiger partial charge on any atom is 0.359 e. The lowest BCUT2D eigenvalue weighted by Gasteiger charge is -2.29. The van der Waals surface area contributed by atoms with Gasteiger partial charge in [0.1, 0.15) is 5.69 Å². The molecule has 1 saturated heterocycles. The number of hydrogen-bond acceptors (Lipinski definition) is 7. The molecule has 0 saturated carbocycles. The lowest BCUT2D eigenvalue weighted by molar-refractivity contribution is -0.395. The molecule has 0 aliphatic carbocycles. The van der Waals surface area contributed by atoms with E-state index in [9.17, 15) is 25.0 Å². The van der Waals surface area contributed by atoms with Crippen LogP contribution < -0.4 is 4.90 Å². The second-order valence-electron chi connectivity index (χ2n) is 7.12. The van der Waals surface area contributed by atoms with Crippen LogP contribution in [0.3, 0.4) is 0 Å². The zero-order chi connectivity index (χ0) is 23.5. The Morgan fingerprint density at radius 2 is 1.59 bits per heavy atom. The fraction of sp³-hybridized carbons (Fsp3) is 0.350. The third-order valence-corrected chi connectivity index (χ3v) is 5.53. The zero-order valence-electron chi connectivity index (χ0n) is 16.6. The maximum atomic E-state index is 12.4. The first-order valence-electron chi connectivity index (χ1n) is 9.64. The average molecular weight is 503 g/mol. The molecule has 9 nitrogen and oxygen atoms in total. The van der Waals surface area contributed by atoms with Gasteiger partial charge in [0.25, 0.3) is 9.48 Å². The fourth-order valence-electron chi connectivity index (χ4n) is 3.68. The normalized spacial score (nSPS) is 15.2. The van der Waals surface area contributed by atoms with Gasteiger partial charge in [-0.05, 0) is 30.9 Å². The van der Waals surface area contributed by atoms with E-state index in [2.05, 4.69) is 0 Å². The Hall–Kier alpha value is -2.62. The van der Waals surface area contributed by atoms with Crippen molar-refractivity contribution >= 4 is 57.8 Å². The Morgan fingerprint density at radius 1 is 0.969 bits per heavy atom. The Balaban J connectivity index is 2.28. The van der Waals surface area contributed by atoms with E-state index in [4.69, 9.17) is 39.5 Å². The second kappa shape index (κ2) is 9.89. The van der Waals surface area contributed by atoms with Gasteiger partial charge in [0.15, 0.2) is 11.7 Å². The van der Waals surface area contributed by atoms with Crippen molar-refractivity contribution in [2.45, 2.75) is 29.2 Å². The van der Waals surface area contributed by atoms with Gasteiger partial charge in [0, 0.05) is 19.2 Å². The van der Waals surface area contributed by atoms with Crippen molar-refractivity contribution in [1.82, 2.24) is 0 Å². The largest absolute Gasteiger partial charge is 0.449 e. The Bertz CT molecular complexity index is 1020. The molecule has 2 aromatic rings. The van der Waals surface area contributed by atoms with Gasteiger partial charge in [-0.1, -0.05) is 65.1 Å². The third-order valence-electron chi connectivity index (χ3n) is 5.07. The number of ether oxygens (including phenoxy) is 1. The summed E-state index contributed by atoms with van der Waals surface area (Å²) in [7, 11) is 0. The van der Waals surface area contributed by atoms with E-state index in [-0.39, 0.29) is 11.3 Å². The van der Waals surface area contributed by atoms with E-state index in [1.54, 1.807) is 23.1 Å². The summed E-state index contributed by atoms with van der Waals surface area (Å²) in [5, 5.41) is 24.1. The van der Waals surface area contributed by atoms with Gasteiger partial charge >= 0.3 is 11.7 Å². The molecule has 1 aliphatic rings. The predicted octanol–water partition coefficient (Wildman–Crippen LogP) is 5.50. The van der Waals surface area contributed by atoms with Gasteiger partial charge in [-0.15, -0.1) is 0 Å². The van der Waals surface area contributed by atoms with Crippen LogP contribution in [-0.2, 0) is 9.53 Å². The fourth-order valence-corrected chi connectivity index (χ4v) is 3.81. The summed E-state index contributed by atoms with van der Waals surface area (Å²) in [5.41, 5.74) is -1.04. The van der Waals surface area contributed by atoms with Gasteiger partial charge < -0.3 is 9.64 Å². The zero-order valence-corrected chi connectivity index (χ0v) is 18.8. The van der Waals surface area contributed by atoms with Crippen LogP contribution in [0.15, 0.2) is 42.5 Å². The van der Waals surface area contributed by atoms with Crippen molar-refractivity contribution in [3.8, 4) is 0 Å². The van der Waals surface area contributed by atoms with Crippen LogP contribution in [0.1, 0.15) is 36.5 Å². The summed E-state index contributed by atoms with van der Waals surface area (Å²) < 4.78 is 2.86. The summed E-state index contributed by atoms with van der Waals surface area (Å²) in [6, 6.07) is 10.4.